The third-order valence-electron chi connectivity index (χ3n) is 3.94. The highest BCUT2D eigenvalue weighted by Crippen LogP contribution is 2.30. The lowest BCUT2D eigenvalue weighted by Crippen LogP contribution is -2.26. The molecule has 1 heterocycles. The van der Waals surface area contributed by atoms with E-state index in [4.69, 9.17) is 4.74 Å². The van der Waals surface area contributed by atoms with Crippen LogP contribution in [0.15, 0.2) is 24.3 Å². The Morgan fingerprint density at radius 2 is 2.00 bits per heavy atom. The van der Waals surface area contributed by atoms with Gasteiger partial charge in [-0.3, -0.25) is 4.98 Å². The molecule has 5 heteroatoms. The molecular weight excluding hydrogens is 282 g/mol. The molecule has 0 radical (unpaired) electrons. The second-order valence-electron chi connectivity index (χ2n) is 5.35. The van der Waals surface area contributed by atoms with Crippen molar-refractivity contribution in [3.8, 4) is 0 Å². The molecule has 0 spiro atoms. The van der Waals surface area contributed by atoms with Crippen LogP contribution in [-0.2, 0) is 27.1 Å². The van der Waals surface area contributed by atoms with E-state index in [0.717, 1.165) is 41.4 Å². The summed E-state index contributed by atoms with van der Waals surface area (Å²) < 4.78 is 9.88. The summed E-state index contributed by atoms with van der Waals surface area (Å²) in [5.74, 6) is -1.06. The number of ether oxygens (including phenoxy) is 2. The molecule has 1 aliphatic carbocycles. The van der Waals surface area contributed by atoms with Gasteiger partial charge in [0.25, 0.3) is 0 Å². The summed E-state index contributed by atoms with van der Waals surface area (Å²) in [7, 11) is 1.27. The standard InChI is InChI=1S/C17H17NO4/c1-10(16(19)21-2)22-17(20)15-11-6-3-4-8-13(11)18-14-9-5-7-12(14)15/h3-4,6,8,10H,5,7,9H2,1-2H3. The highest BCUT2D eigenvalue weighted by atomic mass is 16.6. The van der Waals surface area contributed by atoms with Crippen LogP contribution < -0.4 is 0 Å². The Kier molecular flexibility index (Phi) is 3.79. The average molecular weight is 299 g/mol. The summed E-state index contributed by atoms with van der Waals surface area (Å²) in [5.41, 5.74) is 3.21. The molecule has 1 aromatic carbocycles. The Morgan fingerprint density at radius 1 is 1.23 bits per heavy atom. The van der Waals surface area contributed by atoms with Crippen LogP contribution in [0.4, 0.5) is 0 Å². The number of hydrogen-bond acceptors (Lipinski definition) is 5. The number of aryl methyl sites for hydroxylation is 1. The van der Waals surface area contributed by atoms with Crippen molar-refractivity contribution >= 4 is 22.8 Å². The van der Waals surface area contributed by atoms with Gasteiger partial charge in [0.2, 0.25) is 0 Å². The lowest BCUT2D eigenvalue weighted by molar-refractivity contribution is -0.149. The Hall–Kier alpha value is -2.43. The number of fused-ring (bicyclic) bond motifs is 2. The average Bonchev–Trinajstić information content (AvgIpc) is 2.99. The molecule has 0 saturated carbocycles. The van der Waals surface area contributed by atoms with E-state index in [-0.39, 0.29) is 0 Å². The molecule has 114 valence electrons. The fourth-order valence-corrected chi connectivity index (χ4v) is 2.88. The lowest BCUT2D eigenvalue weighted by Gasteiger charge is -2.15. The minimum Gasteiger partial charge on any atom is -0.466 e. The molecule has 0 bridgehead atoms. The number of nitrogens with zero attached hydrogens (tertiary/aromatic N) is 1. The molecule has 0 fully saturated rings. The van der Waals surface area contributed by atoms with E-state index in [1.54, 1.807) is 0 Å². The Labute approximate surface area is 128 Å². The number of rotatable bonds is 3. The second kappa shape index (κ2) is 5.75. The van der Waals surface area contributed by atoms with Gasteiger partial charge < -0.3 is 9.47 Å². The zero-order valence-corrected chi connectivity index (χ0v) is 12.6. The molecule has 0 aliphatic heterocycles. The quantitative estimate of drug-likeness (QED) is 0.814. The maximum Gasteiger partial charge on any atom is 0.346 e. The first-order chi connectivity index (χ1) is 10.6. The van der Waals surface area contributed by atoms with Gasteiger partial charge in [-0.2, -0.15) is 0 Å². The molecule has 1 aromatic heterocycles. The van der Waals surface area contributed by atoms with Crippen LogP contribution in [0.3, 0.4) is 0 Å². The third kappa shape index (κ3) is 2.43. The van der Waals surface area contributed by atoms with Gasteiger partial charge >= 0.3 is 11.9 Å². The van der Waals surface area contributed by atoms with Crippen molar-refractivity contribution in [1.82, 2.24) is 4.98 Å². The van der Waals surface area contributed by atoms with Gasteiger partial charge in [0.1, 0.15) is 0 Å². The van der Waals surface area contributed by atoms with Crippen LogP contribution >= 0.6 is 0 Å². The smallest absolute Gasteiger partial charge is 0.346 e. The monoisotopic (exact) mass is 299 g/mol. The number of carbonyl (C=O) groups is 2. The summed E-state index contributed by atoms with van der Waals surface area (Å²) in [6.07, 6.45) is 1.73. The van der Waals surface area contributed by atoms with Gasteiger partial charge in [0.15, 0.2) is 6.10 Å². The van der Waals surface area contributed by atoms with Crippen LogP contribution in [-0.4, -0.2) is 30.1 Å². The minimum absolute atomic E-state index is 0.491. The van der Waals surface area contributed by atoms with Crippen LogP contribution in [0.2, 0.25) is 0 Å². The van der Waals surface area contributed by atoms with Crippen LogP contribution in [0.1, 0.15) is 35.0 Å². The number of carbonyl (C=O) groups excluding carboxylic acids is 2. The summed E-state index contributed by atoms with van der Waals surface area (Å²) >= 11 is 0. The van der Waals surface area contributed by atoms with Crippen LogP contribution in [0.5, 0.6) is 0 Å². The number of methoxy groups -OCH3 is 1. The van der Waals surface area contributed by atoms with Crippen molar-refractivity contribution in [3.63, 3.8) is 0 Å². The molecule has 0 N–H and O–H groups in total. The molecule has 0 amide bonds. The molecule has 1 aliphatic rings. The molecular formula is C17H17NO4. The second-order valence-corrected chi connectivity index (χ2v) is 5.35. The number of esters is 2. The lowest BCUT2D eigenvalue weighted by atomic mass is 10.0. The minimum atomic E-state index is -0.929. The highest BCUT2D eigenvalue weighted by Gasteiger charge is 2.27. The van der Waals surface area contributed by atoms with Gasteiger partial charge in [0, 0.05) is 11.1 Å². The molecule has 1 unspecified atom stereocenters. The predicted octanol–water partition coefficient (Wildman–Crippen LogP) is 2.44. The summed E-state index contributed by atoms with van der Waals surface area (Å²) in [4.78, 5) is 28.7. The molecule has 5 nitrogen and oxygen atoms in total. The van der Waals surface area contributed by atoms with Gasteiger partial charge in [-0.25, -0.2) is 9.59 Å². The maximum absolute atomic E-state index is 12.6. The normalized spacial score (nSPS) is 14.5. The van der Waals surface area contributed by atoms with Crippen molar-refractivity contribution in [1.29, 1.82) is 0 Å². The fraction of sp³-hybridized carbons (Fsp3) is 0.353. The van der Waals surface area contributed by atoms with E-state index in [1.807, 2.05) is 24.3 Å². The number of pyridine rings is 1. The van der Waals surface area contributed by atoms with Crippen LogP contribution in [0.25, 0.3) is 10.9 Å². The number of aromatic nitrogens is 1. The Balaban J connectivity index is 2.06. The van der Waals surface area contributed by atoms with E-state index < -0.39 is 18.0 Å². The van der Waals surface area contributed by atoms with E-state index in [1.165, 1.54) is 14.0 Å². The van der Waals surface area contributed by atoms with E-state index in [9.17, 15) is 9.59 Å². The van der Waals surface area contributed by atoms with Gasteiger partial charge in [-0.1, -0.05) is 18.2 Å². The summed E-state index contributed by atoms with van der Waals surface area (Å²) in [6.45, 7) is 1.51. The molecule has 1 atom stereocenters. The van der Waals surface area contributed by atoms with Crippen molar-refractivity contribution in [2.75, 3.05) is 7.11 Å². The number of benzene rings is 1. The SMILES string of the molecule is COC(=O)C(C)OC(=O)c1c2c(nc3ccccc13)CCC2. The number of hydrogen-bond donors (Lipinski definition) is 0. The van der Waals surface area contributed by atoms with Gasteiger partial charge in [-0.05, 0) is 37.8 Å². The topological polar surface area (TPSA) is 65.5 Å². The van der Waals surface area contributed by atoms with Crippen LogP contribution in [0, 0.1) is 0 Å². The Morgan fingerprint density at radius 3 is 2.77 bits per heavy atom. The van der Waals surface area contributed by atoms with E-state index in [0.29, 0.717) is 5.56 Å². The summed E-state index contributed by atoms with van der Waals surface area (Å²) in [5, 5.41) is 0.769. The highest BCUT2D eigenvalue weighted by molar-refractivity contribution is 6.05. The molecule has 22 heavy (non-hydrogen) atoms. The molecule has 3 rings (SSSR count). The van der Waals surface area contributed by atoms with E-state index in [2.05, 4.69) is 9.72 Å². The largest absolute Gasteiger partial charge is 0.466 e. The van der Waals surface area contributed by atoms with Gasteiger partial charge in [-0.15, -0.1) is 0 Å². The fourth-order valence-electron chi connectivity index (χ4n) is 2.88. The van der Waals surface area contributed by atoms with Crippen molar-refractivity contribution < 1.29 is 19.1 Å². The maximum atomic E-state index is 12.6. The third-order valence-corrected chi connectivity index (χ3v) is 3.94. The zero-order valence-electron chi connectivity index (χ0n) is 12.6. The Bertz CT molecular complexity index is 754. The first-order valence-corrected chi connectivity index (χ1v) is 7.31. The van der Waals surface area contributed by atoms with E-state index >= 15 is 0 Å². The predicted molar refractivity (Wildman–Crippen MR) is 80.7 cm³/mol. The number of para-hydroxylation sites is 1. The first kappa shape index (κ1) is 14.5. The zero-order chi connectivity index (χ0) is 15.7. The van der Waals surface area contributed by atoms with Crippen molar-refractivity contribution in [3.05, 3.63) is 41.1 Å². The van der Waals surface area contributed by atoms with Gasteiger partial charge in [0.05, 0.1) is 18.2 Å². The first-order valence-electron chi connectivity index (χ1n) is 7.31. The molecule has 0 saturated heterocycles. The van der Waals surface area contributed by atoms with Crippen molar-refractivity contribution in [2.24, 2.45) is 0 Å². The summed E-state index contributed by atoms with van der Waals surface area (Å²) in [6, 6.07) is 7.50. The molecule has 2 aromatic rings. The van der Waals surface area contributed by atoms with Crippen molar-refractivity contribution in [2.45, 2.75) is 32.3 Å².